The van der Waals surface area contributed by atoms with Crippen molar-refractivity contribution in [3.8, 4) is 0 Å². The first-order valence-corrected chi connectivity index (χ1v) is 4.30. The summed E-state index contributed by atoms with van der Waals surface area (Å²) in [7, 11) is 0. The molecular weight excluding hydrogens is 166 g/mol. The van der Waals surface area contributed by atoms with Crippen LogP contribution >= 0.6 is 0 Å². The van der Waals surface area contributed by atoms with Gasteiger partial charge in [-0.3, -0.25) is 4.79 Å². The lowest BCUT2D eigenvalue weighted by Crippen LogP contribution is -2.09. The first-order valence-electron chi connectivity index (χ1n) is 4.30. The maximum absolute atomic E-state index is 10.0. The van der Waals surface area contributed by atoms with Crippen LogP contribution in [0, 0.1) is 0 Å². The van der Waals surface area contributed by atoms with Gasteiger partial charge in [0.2, 0.25) is 0 Å². The Bertz CT molecular complexity index is 312. The van der Waals surface area contributed by atoms with Crippen LogP contribution in [0.2, 0.25) is 0 Å². The van der Waals surface area contributed by atoms with E-state index >= 15 is 0 Å². The topological polar surface area (TPSA) is 38.3 Å². The van der Waals surface area contributed by atoms with Crippen LogP contribution in [-0.2, 0) is 9.53 Å². The summed E-state index contributed by atoms with van der Waals surface area (Å²) >= 11 is 0. The minimum Gasteiger partial charge on any atom is -0.467 e. The van der Waals surface area contributed by atoms with Crippen molar-refractivity contribution >= 4 is 12.2 Å². The average Bonchev–Trinajstić information content (AvgIpc) is 2.58. The summed E-state index contributed by atoms with van der Waals surface area (Å²) in [6.45, 7) is 1.82. The molecule has 68 valence electrons. The predicted molar refractivity (Wildman–Crippen MR) is 49.7 cm³/mol. The number of benzene rings is 1. The summed E-state index contributed by atoms with van der Waals surface area (Å²) in [6, 6.07) is 8.10. The van der Waals surface area contributed by atoms with Crippen LogP contribution in [0.25, 0.3) is 0 Å². The number of carbonyl (C=O) groups is 1. The van der Waals surface area contributed by atoms with Gasteiger partial charge in [-0.2, -0.15) is 0 Å². The van der Waals surface area contributed by atoms with Gasteiger partial charge < -0.3 is 10.1 Å². The molecule has 3 nitrogen and oxygen atoms in total. The molecule has 1 aliphatic rings. The van der Waals surface area contributed by atoms with Crippen molar-refractivity contribution in [2.45, 2.75) is 5.92 Å². The molecule has 1 unspecified atom stereocenters. The van der Waals surface area contributed by atoms with E-state index in [0.29, 0.717) is 19.0 Å². The molecule has 0 saturated heterocycles. The highest BCUT2D eigenvalue weighted by atomic mass is 16.5. The van der Waals surface area contributed by atoms with Gasteiger partial charge in [-0.05, 0) is 11.6 Å². The Labute approximate surface area is 76.7 Å². The zero-order valence-corrected chi connectivity index (χ0v) is 7.19. The van der Waals surface area contributed by atoms with E-state index in [2.05, 4.69) is 11.4 Å². The van der Waals surface area contributed by atoms with Crippen LogP contribution in [0.1, 0.15) is 11.5 Å². The molecule has 3 heteroatoms. The molecule has 0 radical (unpaired) electrons. The molecular formula is C10H11NO2. The molecule has 1 N–H and O–H groups in total. The third kappa shape index (κ3) is 1.49. The van der Waals surface area contributed by atoms with Crippen molar-refractivity contribution in [1.29, 1.82) is 0 Å². The van der Waals surface area contributed by atoms with Crippen LogP contribution in [-0.4, -0.2) is 19.6 Å². The summed E-state index contributed by atoms with van der Waals surface area (Å²) in [5, 5.41) is 3.26. The van der Waals surface area contributed by atoms with Gasteiger partial charge in [-0.25, -0.2) is 0 Å². The van der Waals surface area contributed by atoms with E-state index in [1.165, 1.54) is 5.56 Å². The molecule has 1 atom stereocenters. The smallest absolute Gasteiger partial charge is 0.293 e. The van der Waals surface area contributed by atoms with Crippen molar-refractivity contribution in [1.82, 2.24) is 0 Å². The number of rotatable bonds is 3. The Morgan fingerprint density at radius 3 is 3.23 bits per heavy atom. The van der Waals surface area contributed by atoms with Gasteiger partial charge in [-0.1, -0.05) is 18.2 Å². The fourth-order valence-electron chi connectivity index (χ4n) is 1.66. The second-order valence-electron chi connectivity index (χ2n) is 3.09. The highest BCUT2D eigenvalue weighted by molar-refractivity contribution is 5.57. The van der Waals surface area contributed by atoms with Gasteiger partial charge in [0.05, 0.1) is 6.61 Å². The molecule has 13 heavy (non-hydrogen) atoms. The summed E-state index contributed by atoms with van der Waals surface area (Å²) < 4.78 is 4.75. The molecule has 0 spiro atoms. The van der Waals surface area contributed by atoms with E-state index in [4.69, 9.17) is 4.74 Å². The van der Waals surface area contributed by atoms with Gasteiger partial charge in [0.25, 0.3) is 6.47 Å². The van der Waals surface area contributed by atoms with Crippen molar-refractivity contribution < 1.29 is 9.53 Å². The molecule has 0 aliphatic carbocycles. The van der Waals surface area contributed by atoms with Crippen LogP contribution in [0.3, 0.4) is 0 Å². The monoisotopic (exact) mass is 177 g/mol. The normalized spacial score (nSPS) is 18.9. The largest absolute Gasteiger partial charge is 0.467 e. The van der Waals surface area contributed by atoms with E-state index in [0.717, 1.165) is 12.2 Å². The number of para-hydroxylation sites is 1. The number of hydrogen-bond donors (Lipinski definition) is 1. The highest BCUT2D eigenvalue weighted by Crippen LogP contribution is 2.30. The number of fused-ring (bicyclic) bond motifs is 1. The number of ether oxygens (including phenoxy) is 1. The SMILES string of the molecule is O=COCC1CNc2ccccc21. The molecule has 0 fully saturated rings. The average molecular weight is 177 g/mol. The van der Waals surface area contributed by atoms with Gasteiger partial charge in [0.1, 0.15) is 0 Å². The lowest BCUT2D eigenvalue weighted by atomic mass is 10.0. The first-order chi connectivity index (χ1) is 6.42. The van der Waals surface area contributed by atoms with Gasteiger partial charge in [0.15, 0.2) is 0 Å². The lowest BCUT2D eigenvalue weighted by Gasteiger charge is -2.07. The zero-order chi connectivity index (χ0) is 9.10. The van der Waals surface area contributed by atoms with Crippen molar-refractivity contribution in [2.24, 2.45) is 0 Å². The van der Waals surface area contributed by atoms with E-state index in [1.54, 1.807) is 0 Å². The third-order valence-electron chi connectivity index (χ3n) is 2.30. The number of carbonyl (C=O) groups excluding carboxylic acids is 1. The standard InChI is InChI=1S/C10H11NO2/c12-7-13-6-8-5-11-10-4-2-1-3-9(8)10/h1-4,7-8,11H,5-6H2. The summed E-state index contributed by atoms with van der Waals surface area (Å²) in [5.74, 6) is 0.307. The molecule has 1 aliphatic heterocycles. The summed E-state index contributed by atoms with van der Waals surface area (Å²) in [6.07, 6.45) is 0. The molecule has 1 aromatic carbocycles. The van der Waals surface area contributed by atoms with E-state index < -0.39 is 0 Å². The summed E-state index contributed by atoms with van der Waals surface area (Å²) in [4.78, 5) is 10.0. The van der Waals surface area contributed by atoms with Gasteiger partial charge >= 0.3 is 0 Å². The molecule has 2 rings (SSSR count). The molecule has 0 aromatic heterocycles. The molecule has 0 bridgehead atoms. The van der Waals surface area contributed by atoms with E-state index in [-0.39, 0.29) is 0 Å². The van der Waals surface area contributed by atoms with Crippen molar-refractivity contribution in [2.75, 3.05) is 18.5 Å². The second-order valence-corrected chi connectivity index (χ2v) is 3.09. The molecule has 1 heterocycles. The van der Waals surface area contributed by atoms with Gasteiger partial charge in [-0.15, -0.1) is 0 Å². The Morgan fingerprint density at radius 2 is 2.38 bits per heavy atom. The Kier molecular flexibility index (Phi) is 2.17. The summed E-state index contributed by atoms with van der Waals surface area (Å²) in [5.41, 5.74) is 2.39. The quantitative estimate of drug-likeness (QED) is 0.708. The molecule has 0 saturated carbocycles. The maximum atomic E-state index is 10.0. The lowest BCUT2D eigenvalue weighted by molar-refractivity contribution is -0.129. The first kappa shape index (κ1) is 8.10. The van der Waals surface area contributed by atoms with E-state index in [1.807, 2.05) is 18.2 Å². The fourth-order valence-corrected chi connectivity index (χ4v) is 1.66. The van der Waals surface area contributed by atoms with Crippen molar-refractivity contribution in [3.05, 3.63) is 29.8 Å². The van der Waals surface area contributed by atoms with Crippen LogP contribution in [0.15, 0.2) is 24.3 Å². The van der Waals surface area contributed by atoms with E-state index in [9.17, 15) is 4.79 Å². The predicted octanol–water partition coefficient (Wildman–Crippen LogP) is 1.37. The Morgan fingerprint density at radius 1 is 1.54 bits per heavy atom. The highest BCUT2D eigenvalue weighted by Gasteiger charge is 2.21. The van der Waals surface area contributed by atoms with Crippen LogP contribution in [0.4, 0.5) is 5.69 Å². The fraction of sp³-hybridized carbons (Fsp3) is 0.300. The van der Waals surface area contributed by atoms with Crippen LogP contribution < -0.4 is 5.32 Å². The molecule has 0 amide bonds. The minimum atomic E-state index is 0.307. The molecule has 1 aromatic rings. The number of nitrogens with one attached hydrogen (secondary N) is 1. The minimum absolute atomic E-state index is 0.307. The third-order valence-corrected chi connectivity index (χ3v) is 2.30. The maximum Gasteiger partial charge on any atom is 0.293 e. The van der Waals surface area contributed by atoms with Crippen molar-refractivity contribution in [3.63, 3.8) is 0 Å². The Balaban J connectivity index is 2.13. The van der Waals surface area contributed by atoms with Crippen LogP contribution in [0.5, 0.6) is 0 Å². The van der Waals surface area contributed by atoms with Gasteiger partial charge in [0, 0.05) is 18.2 Å². The second kappa shape index (κ2) is 3.47. The number of anilines is 1. The number of hydrogen-bond acceptors (Lipinski definition) is 3. The zero-order valence-electron chi connectivity index (χ0n) is 7.19. The Hall–Kier alpha value is -1.51.